The van der Waals surface area contributed by atoms with Crippen molar-refractivity contribution in [3.8, 4) is 0 Å². The normalized spacial score (nSPS) is 10.1. The Hall–Kier alpha value is -4.09. The predicted molar refractivity (Wildman–Crippen MR) is 97.9 cm³/mol. The fraction of sp³-hybridized carbons (Fsp3) is 0.111. The van der Waals surface area contributed by atoms with Crippen LogP contribution in [0.25, 0.3) is 0 Å². The summed E-state index contributed by atoms with van der Waals surface area (Å²) in [5.74, 6) is -7.35. The first-order valence-corrected chi connectivity index (χ1v) is 8.21. The van der Waals surface area contributed by atoms with Gasteiger partial charge in [-0.2, -0.15) is 0 Å². The molecule has 2 aromatic rings. The second-order valence-electron chi connectivity index (χ2n) is 5.69. The number of carbonyl (C=O) groups excluding carboxylic acids is 4. The molecule has 30 heavy (non-hydrogen) atoms. The van der Waals surface area contributed by atoms with Crippen molar-refractivity contribution in [3.05, 3.63) is 59.4 Å². The van der Waals surface area contributed by atoms with E-state index in [2.05, 4.69) is 10.6 Å². The molecule has 0 spiro atoms. The van der Waals surface area contributed by atoms with Crippen LogP contribution in [-0.2, 0) is 14.3 Å². The van der Waals surface area contributed by atoms with E-state index in [1.54, 1.807) is 0 Å². The highest BCUT2D eigenvalue weighted by Gasteiger charge is 2.16. The highest BCUT2D eigenvalue weighted by Crippen LogP contribution is 2.19. The summed E-state index contributed by atoms with van der Waals surface area (Å²) in [6.45, 7) is -1.35. The standard InChI is InChI=1S/C18H15F3N4O5/c19-11-5-6-12(16(21)15(11)20)25-13(26)7-23-14(27)8-30-17(28)9-1-3-10(4-2-9)24-18(22)29/h1-6H,7-8H2,(H,23,27)(H,25,26)(H3,22,24,29). The third-order valence-electron chi connectivity index (χ3n) is 3.48. The SMILES string of the molecule is NC(=O)Nc1ccc(C(=O)OCC(=O)NCC(=O)Nc2ccc(F)c(F)c2F)cc1. The molecule has 2 rings (SSSR count). The number of primary amides is 1. The first-order chi connectivity index (χ1) is 14.2. The van der Waals surface area contributed by atoms with Gasteiger partial charge in [-0.3, -0.25) is 9.59 Å². The quantitative estimate of drug-likeness (QED) is 0.394. The van der Waals surface area contributed by atoms with Gasteiger partial charge in [-0.05, 0) is 36.4 Å². The lowest BCUT2D eigenvalue weighted by molar-refractivity contribution is -0.126. The number of halogens is 3. The molecule has 0 aliphatic rings. The van der Waals surface area contributed by atoms with Gasteiger partial charge in [0.05, 0.1) is 17.8 Å². The zero-order valence-corrected chi connectivity index (χ0v) is 15.1. The van der Waals surface area contributed by atoms with Crippen LogP contribution < -0.4 is 21.7 Å². The van der Waals surface area contributed by atoms with Crippen molar-refractivity contribution in [2.75, 3.05) is 23.8 Å². The van der Waals surface area contributed by atoms with Crippen LogP contribution in [0.5, 0.6) is 0 Å². The molecular weight excluding hydrogens is 409 g/mol. The van der Waals surface area contributed by atoms with Crippen LogP contribution in [0.4, 0.5) is 29.3 Å². The molecule has 158 valence electrons. The van der Waals surface area contributed by atoms with Crippen LogP contribution in [0.3, 0.4) is 0 Å². The average molecular weight is 424 g/mol. The highest BCUT2D eigenvalue weighted by atomic mass is 19.2. The number of benzene rings is 2. The lowest BCUT2D eigenvalue weighted by Crippen LogP contribution is -2.35. The van der Waals surface area contributed by atoms with E-state index in [4.69, 9.17) is 10.5 Å². The molecule has 0 aromatic heterocycles. The Morgan fingerprint density at radius 1 is 0.867 bits per heavy atom. The highest BCUT2D eigenvalue weighted by molar-refractivity contribution is 5.96. The molecule has 0 saturated carbocycles. The molecule has 5 N–H and O–H groups in total. The van der Waals surface area contributed by atoms with E-state index in [0.717, 1.165) is 6.07 Å². The number of carbonyl (C=O) groups is 4. The van der Waals surface area contributed by atoms with Gasteiger partial charge in [0.2, 0.25) is 5.91 Å². The molecule has 0 saturated heterocycles. The lowest BCUT2D eigenvalue weighted by Gasteiger charge is -2.09. The minimum absolute atomic E-state index is 0.0874. The summed E-state index contributed by atoms with van der Waals surface area (Å²) in [4.78, 5) is 45.9. The van der Waals surface area contributed by atoms with Crippen LogP contribution in [0.15, 0.2) is 36.4 Å². The van der Waals surface area contributed by atoms with Gasteiger partial charge >= 0.3 is 12.0 Å². The molecule has 2 aromatic carbocycles. The summed E-state index contributed by atoms with van der Waals surface area (Å²) in [7, 11) is 0. The molecule has 0 aliphatic carbocycles. The van der Waals surface area contributed by atoms with Crippen molar-refractivity contribution >= 4 is 35.2 Å². The van der Waals surface area contributed by atoms with Crippen LogP contribution in [-0.4, -0.2) is 37.0 Å². The largest absolute Gasteiger partial charge is 0.452 e. The molecule has 0 atom stereocenters. The van der Waals surface area contributed by atoms with Crippen LogP contribution in [0.1, 0.15) is 10.4 Å². The maximum absolute atomic E-state index is 13.5. The van der Waals surface area contributed by atoms with Crippen molar-refractivity contribution < 1.29 is 37.1 Å². The number of anilines is 2. The molecule has 0 bridgehead atoms. The van der Waals surface area contributed by atoms with Gasteiger partial charge in [0.25, 0.3) is 5.91 Å². The number of hydrogen-bond donors (Lipinski definition) is 4. The zero-order chi connectivity index (χ0) is 22.3. The van der Waals surface area contributed by atoms with E-state index >= 15 is 0 Å². The van der Waals surface area contributed by atoms with E-state index < -0.39 is 60.1 Å². The molecule has 4 amide bonds. The second-order valence-corrected chi connectivity index (χ2v) is 5.69. The van der Waals surface area contributed by atoms with Crippen LogP contribution >= 0.6 is 0 Å². The number of nitrogens with one attached hydrogen (secondary N) is 3. The maximum atomic E-state index is 13.5. The Bertz CT molecular complexity index is 983. The van der Waals surface area contributed by atoms with Gasteiger partial charge in [0.15, 0.2) is 24.1 Å². The molecule has 0 heterocycles. The fourth-order valence-electron chi connectivity index (χ4n) is 2.09. The summed E-state index contributed by atoms with van der Waals surface area (Å²) in [5, 5.41) is 6.36. The first-order valence-electron chi connectivity index (χ1n) is 8.21. The van der Waals surface area contributed by atoms with E-state index in [0.29, 0.717) is 11.8 Å². The smallest absolute Gasteiger partial charge is 0.338 e. The molecule has 12 heteroatoms. The van der Waals surface area contributed by atoms with E-state index in [-0.39, 0.29) is 5.56 Å². The van der Waals surface area contributed by atoms with E-state index in [9.17, 15) is 32.3 Å². The lowest BCUT2D eigenvalue weighted by atomic mass is 10.2. The van der Waals surface area contributed by atoms with Crippen LogP contribution in [0, 0.1) is 17.5 Å². The summed E-state index contributed by atoms with van der Waals surface area (Å²) in [6.07, 6.45) is 0. The summed E-state index contributed by atoms with van der Waals surface area (Å²) in [5.41, 5.74) is 4.78. The molecule has 0 aliphatic heterocycles. The maximum Gasteiger partial charge on any atom is 0.338 e. The Morgan fingerprint density at radius 2 is 1.53 bits per heavy atom. The first kappa shape index (κ1) is 22.2. The number of hydrogen-bond acceptors (Lipinski definition) is 5. The second kappa shape index (κ2) is 9.91. The van der Waals surface area contributed by atoms with E-state index in [1.165, 1.54) is 24.3 Å². The van der Waals surface area contributed by atoms with Crippen molar-refractivity contribution in [2.24, 2.45) is 5.73 Å². The third-order valence-corrected chi connectivity index (χ3v) is 3.48. The van der Waals surface area contributed by atoms with Gasteiger partial charge < -0.3 is 26.4 Å². The topological polar surface area (TPSA) is 140 Å². The van der Waals surface area contributed by atoms with Crippen LogP contribution in [0.2, 0.25) is 0 Å². The van der Waals surface area contributed by atoms with Gasteiger partial charge in [-0.1, -0.05) is 0 Å². The molecule has 0 unspecified atom stereocenters. The summed E-state index contributed by atoms with van der Waals surface area (Å²) >= 11 is 0. The zero-order valence-electron chi connectivity index (χ0n) is 15.1. The predicted octanol–water partition coefficient (Wildman–Crippen LogP) is 1.51. The average Bonchev–Trinajstić information content (AvgIpc) is 2.71. The number of amides is 4. The van der Waals surface area contributed by atoms with Crippen molar-refractivity contribution in [1.29, 1.82) is 0 Å². The number of urea groups is 1. The summed E-state index contributed by atoms with van der Waals surface area (Å²) < 4.78 is 44.2. The van der Waals surface area contributed by atoms with Gasteiger partial charge in [-0.25, -0.2) is 22.8 Å². The van der Waals surface area contributed by atoms with E-state index in [1.807, 2.05) is 5.32 Å². The molecule has 0 fully saturated rings. The summed E-state index contributed by atoms with van der Waals surface area (Å²) in [6, 6.07) is 6.11. The Balaban J connectivity index is 1.78. The minimum Gasteiger partial charge on any atom is -0.452 e. The van der Waals surface area contributed by atoms with Crippen molar-refractivity contribution in [3.63, 3.8) is 0 Å². The molecule has 9 nitrogen and oxygen atoms in total. The van der Waals surface area contributed by atoms with Gasteiger partial charge in [-0.15, -0.1) is 0 Å². The van der Waals surface area contributed by atoms with Crippen molar-refractivity contribution in [2.45, 2.75) is 0 Å². The molecular formula is C18H15F3N4O5. The monoisotopic (exact) mass is 424 g/mol. The fourth-order valence-corrected chi connectivity index (χ4v) is 2.09. The van der Waals surface area contributed by atoms with Gasteiger partial charge in [0, 0.05) is 5.69 Å². The number of esters is 1. The Kier molecular flexibility index (Phi) is 7.33. The number of rotatable bonds is 7. The van der Waals surface area contributed by atoms with Gasteiger partial charge in [0.1, 0.15) is 0 Å². The third kappa shape index (κ3) is 6.22. The van der Waals surface area contributed by atoms with Crippen molar-refractivity contribution in [1.82, 2.24) is 5.32 Å². The Morgan fingerprint density at radius 3 is 2.17 bits per heavy atom. The minimum atomic E-state index is -1.75. The molecule has 0 radical (unpaired) electrons. The Labute approximate surface area is 167 Å². The number of nitrogens with two attached hydrogens (primary N) is 1. The number of ether oxygens (including phenoxy) is 1.